The molecule has 0 atom stereocenters. The van der Waals surface area contributed by atoms with E-state index in [1.165, 1.54) is 50.9 Å². The van der Waals surface area contributed by atoms with E-state index in [4.69, 9.17) is 4.74 Å². The van der Waals surface area contributed by atoms with Gasteiger partial charge >= 0.3 is 5.97 Å². The molecule has 0 amide bonds. The number of ether oxygens (including phenoxy) is 1. The maximum absolute atomic E-state index is 12.1. The van der Waals surface area contributed by atoms with Crippen molar-refractivity contribution < 1.29 is 14.3 Å². The molecule has 0 unspecified atom stereocenters. The second-order valence-corrected chi connectivity index (χ2v) is 7.45. The molecule has 0 saturated heterocycles. The van der Waals surface area contributed by atoms with Gasteiger partial charge in [0.15, 0.2) is 12.4 Å². The van der Waals surface area contributed by atoms with Gasteiger partial charge in [-0.3, -0.25) is 0 Å². The molecule has 1 aromatic rings. The van der Waals surface area contributed by atoms with Crippen LogP contribution in [-0.4, -0.2) is 12.6 Å². The molecular weight excluding hydrogens is 266 g/mol. The second kappa shape index (κ2) is 4.72. The van der Waals surface area contributed by atoms with Crippen molar-refractivity contribution in [2.24, 2.45) is 23.2 Å². The molecular formula is C17H21NO3. The first-order chi connectivity index (χ1) is 10.1. The summed E-state index contributed by atoms with van der Waals surface area (Å²) in [6.07, 6.45) is 10.5. The molecule has 4 fully saturated rings. The van der Waals surface area contributed by atoms with Gasteiger partial charge in [0.05, 0.1) is 6.61 Å². The standard InChI is InChI=1S/C17H21NO3/c19-16(15-2-1-3-18(20)10-15)21-11-17-7-12-4-13(8-17)6-14(5-12)9-17/h1-3,10,12-14H,4-9,11H2. The maximum atomic E-state index is 12.1. The molecule has 4 aliphatic rings. The van der Waals surface area contributed by atoms with Crippen molar-refractivity contribution in [1.82, 2.24) is 0 Å². The van der Waals surface area contributed by atoms with Crippen LogP contribution in [0.1, 0.15) is 48.9 Å². The molecule has 0 N–H and O–H groups in total. The predicted octanol–water partition coefficient (Wildman–Crippen LogP) is 2.69. The minimum absolute atomic E-state index is 0.229. The average molecular weight is 287 g/mol. The van der Waals surface area contributed by atoms with Gasteiger partial charge in [-0.2, -0.15) is 4.73 Å². The van der Waals surface area contributed by atoms with Crippen LogP contribution in [0, 0.1) is 28.4 Å². The van der Waals surface area contributed by atoms with Crippen LogP contribution in [0.3, 0.4) is 0 Å². The Labute approximate surface area is 124 Å². The smallest absolute Gasteiger partial charge is 0.344 e. The number of carbonyl (C=O) groups is 1. The summed E-state index contributed by atoms with van der Waals surface area (Å²) in [4.78, 5) is 12.1. The lowest BCUT2D eigenvalue weighted by atomic mass is 9.50. The first kappa shape index (κ1) is 13.1. The number of nitrogens with zero attached hydrogens (tertiary/aromatic N) is 1. The van der Waals surface area contributed by atoms with E-state index in [2.05, 4.69) is 0 Å². The van der Waals surface area contributed by atoms with Crippen molar-refractivity contribution in [3.63, 3.8) is 0 Å². The van der Waals surface area contributed by atoms with Gasteiger partial charge in [0, 0.05) is 11.5 Å². The fourth-order valence-electron chi connectivity index (χ4n) is 5.34. The molecule has 4 heteroatoms. The average Bonchev–Trinajstić information content (AvgIpc) is 2.43. The van der Waals surface area contributed by atoms with Crippen LogP contribution in [0.25, 0.3) is 0 Å². The van der Waals surface area contributed by atoms with E-state index in [9.17, 15) is 10.0 Å². The van der Waals surface area contributed by atoms with Crippen molar-refractivity contribution in [2.45, 2.75) is 38.5 Å². The van der Waals surface area contributed by atoms with Crippen LogP contribution in [0.4, 0.5) is 0 Å². The molecule has 4 nitrogen and oxygen atoms in total. The lowest BCUT2D eigenvalue weighted by molar-refractivity contribution is -0.605. The number of carbonyl (C=O) groups excluding carboxylic acids is 1. The lowest BCUT2D eigenvalue weighted by Gasteiger charge is -2.56. The number of aromatic nitrogens is 1. The zero-order chi connectivity index (χ0) is 14.4. The van der Waals surface area contributed by atoms with Gasteiger partial charge < -0.3 is 9.94 Å². The van der Waals surface area contributed by atoms with Gasteiger partial charge in [-0.25, -0.2) is 4.79 Å². The molecule has 0 aliphatic heterocycles. The molecule has 4 aliphatic carbocycles. The number of hydrogen-bond donors (Lipinski definition) is 0. The number of hydrogen-bond acceptors (Lipinski definition) is 3. The topological polar surface area (TPSA) is 53.2 Å². The van der Waals surface area contributed by atoms with E-state index in [0.717, 1.165) is 17.8 Å². The van der Waals surface area contributed by atoms with E-state index >= 15 is 0 Å². The zero-order valence-electron chi connectivity index (χ0n) is 12.2. The highest BCUT2D eigenvalue weighted by Gasteiger charge is 2.51. The Morgan fingerprint density at radius 3 is 2.43 bits per heavy atom. The van der Waals surface area contributed by atoms with Gasteiger partial charge in [-0.05, 0) is 62.3 Å². The number of rotatable bonds is 3. The summed E-state index contributed by atoms with van der Waals surface area (Å²) in [5.74, 6) is 2.21. The van der Waals surface area contributed by atoms with Gasteiger partial charge in [0.25, 0.3) is 0 Å². The Balaban J connectivity index is 1.44. The van der Waals surface area contributed by atoms with E-state index in [1.54, 1.807) is 12.1 Å². The van der Waals surface area contributed by atoms with E-state index in [-0.39, 0.29) is 11.4 Å². The van der Waals surface area contributed by atoms with Crippen molar-refractivity contribution >= 4 is 5.97 Å². The molecule has 21 heavy (non-hydrogen) atoms. The van der Waals surface area contributed by atoms with Gasteiger partial charge in [-0.1, -0.05) is 0 Å². The second-order valence-electron chi connectivity index (χ2n) is 7.45. The van der Waals surface area contributed by atoms with E-state index in [1.807, 2.05) is 0 Å². The molecule has 5 rings (SSSR count). The third kappa shape index (κ3) is 2.41. The maximum Gasteiger partial charge on any atom is 0.344 e. The molecule has 0 aromatic carbocycles. The molecule has 4 saturated carbocycles. The minimum atomic E-state index is -0.365. The Bertz CT molecular complexity index is 534. The Morgan fingerprint density at radius 2 is 1.86 bits per heavy atom. The van der Waals surface area contributed by atoms with E-state index < -0.39 is 0 Å². The normalized spacial score (nSPS) is 36.7. The molecule has 0 radical (unpaired) electrons. The van der Waals surface area contributed by atoms with Crippen LogP contribution >= 0.6 is 0 Å². The third-order valence-corrected chi connectivity index (χ3v) is 5.69. The van der Waals surface area contributed by atoms with Gasteiger partial charge in [0.2, 0.25) is 0 Å². The Hall–Kier alpha value is -1.58. The largest absolute Gasteiger partial charge is 0.619 e. The van der Waals surface area contributed by atoms with Crippen LogP contribution in [0.2, 0.25) is 0 Å². The molecule has 1 heterocycles. The molecule has 0 spiro atoms. The monoisotopic (exact) mass is 287 g/mol. The summed E-state index contributed by atoms with van der Waals surface area (Å²) < 4.78 is 6.22. The van der Waals surface area contributed by atoms with Crippen molar-refractivity contribution in [1.29, 1.82) is 0 Å². The number of pyridine rings is 1. The Kier molecular flexibility index (Phi) is 2.95. The van der Waals surface area contributed by atoms with Crippen LogP contribution < -0.4 is 4.73 Å². The minimum Gasteiger partial charge on any atom is -0.619 e. The highest BCUT2D eigenvalue weighted by Crippen LogP contribution is 2.60. The highest BCUT2D eigenvalue weighted by molar-refractivity contribution is 5.88. The summed E-state index contributed by atoms with van der Waals surface area (Å²) in [7, 11) is 0. The van der Waals surface area contributed by atoms with Crippen molar-refractivity contribution in [3.05, 3.63) is 35.3 Å². The third-order valence-electron chi connectivity index (χ3n) is 5.69. The van der Waals surface area contributed by atoms with Crippen molar-refractivity contribution in [3.8, 4) is 0 Å². The quantitative estimate of drug-likeness (QED) is 0.488. The summed E-state index contributed by atoms with van der Waals surface area (Å²) in [5.41, 5.74) is 0.573. The summed E-state index contributed by atoms with van der Waals surface area (Å²) in [5, 5.41) is 11.2. The zero-order valence-corrected chi connectivity index (χ0v) is 12.2. The first-order valence-electron chi connectivity index (χ1n) is 7.98. The summed E-state index contributed by atoms with van der Waals surface area (Å²) in [6.45, 7) is 0.531. The lowest BCUT2D eigenvalue weighted by Crippen LogP contribution is -2.48. The highest BCUT2D eigenvalue weighted by atomic mass is 16.5. The fraction of sp³-hybridized carbons (Fsp3) is 0.647. The van der Waals surface area contributed by atoms with Crippen LogP contribution in [0.5, 0.6) is 0 Å². The SMILES string of the molecule is O=C(OCC12CC3CC(CC(C3)C1)C2)c1ccc[n+]([O-])c1. The summed E-state index contributed by atoms with van der Waals surface area (Å²) >= 11 is 0. The summed E-state index contributed by atoms with van der Waals surface area (Å²) in [6, 6.07) is 3.21. The van der Waals surface area contributed by atoms with Gasteiger partial charge in [-0.15, -0.1) is 0 Å². The molecule has 4 bridgehead atoms. The van der Waals surface area contributed by atoms with Crippen LogP contribution in [0.15, 0.2) is 24.5 Å². The number of esters is 1. The molecule has 1 aromatic heterocycles. The van der Waals surface area contributed by atoms with E-state index in [0.29, 0.717) is 16.9 Å². The molecule has 112 valence electrons. The Morgan fingerprint density at radius 1 is 1.24 bits per heavy atom. The van der Waals surface area contributed by atoms with Crippen LogP contribution in [-0.2, 0) is 4.74 Å². The first-order valence-corrected chi connectivity index (χ1v) is 7.98. The predicted molar refractivity (Wildman–Crippen MR) is 76.3 cm³/mol. The van der Waals surface area contributed by atoms with Crippen molar-refractivity contribution in [2.75, 3.05) is 6.61 Å². The van der Waals surface area contributed by atoms with Gasteiger partial charge in [0.1, 0.15) is 5.56 Å². The fourth-order valence-corrected chi connectivity index (χ4v) is 5.34.